The highest BCUT2D eigenvalue weighted by atomic mass is 127. The predicted molar refractivity (Wildman–Crippen MR) is 110 cm³/mol. The Balaban J connectivity index is 1.67. The molecule has 0 aliphatic rings. The number of ketones is 1. The SMILES string of the molecule is O=C(/C=C/c1cccc(OCc2ccccc2)c1)c1ccccc1I. The van der Waals surface area contributed by atoms with E-state index in [-0.39, 0.29) is 5.78 Å². The van der Waals surface area contributed by atoms with Crippen LogP contribution in [0.1, 0.15) is 21.5 Å². The second-order valence-electron chi connectivity index (χ2n) is 5.52. The van der Waals surface area contributed by atoms with Gasteiger partial charge in [0.05, 0.1) is 0 Å². The van der Waals surface area contributed by atoms with Crippen molar-refractivity contribution in [1.82, 2.24) is 0 Å². The fraction of sp³-hybridized carbons (Fsp3) is 0.0455. The van der Waals surface area contributed by atoms with Gasteiger partial charge in [-0.2, -0.15) is 0 Å². The van der Waals surface area contributed by atoms with Gasteiger partial charge in [0, 0.05) is 9.13 Å². The van der Waals surface area contributed by atoms with Crippen LogP contribution < -0.4 is 4.74 Å². The first-order valence-corrected chi connectivity index (χ1v) is 9.04. The maximum atomic E-state index is 12.3. The summed E-state index contributed by atoms with van der Waals surface area (Å²) in [5.74, 6) is 0.786. The summed E-state index contributed by atoms with van der Waals surface area (Å²) in [5.41, 5.74) is 2.78. The van der Waals surface area contributed by atoms with E-state index in [0.29, 0.717) is 6.61 Å². The van der Waals surface area contributed by atoms with Gasteiger partial charge in [-0.25, -0.2) is 0 Å². The largest absolute Gasteiger partial charge is 0.489 e. The second kappa shape index (κ2) is 8.62. The van der Waals surface area contributed by atoms with E-state index in [2.05, 4.69) is 22.6 Å². The van der Waals surface area contributed by atoms with Crippen molar-refractivity contribution in [2.45, 2.75) is 6.61 Å². The van der Waals surface area contributed by atoms with Crippen LogP contribution >= 0.6 is 22.6 Å². The number of ether oxygens (including phenoxy) is 1. The van der Waals surface area contributed by atoms with Crippen molar-refractivity contribution >= 4 is 34.5 Å². The molecule has 0 unspecified atom stereocenters. The normalized spacial score (nSPS) is 10.8. The smallest absolute Gasteiger partial charge is 0.186 e. The van der Waals surface area contributed by atoms with Crippen LogP contribution in [0.3, 0.4) is 0 Å². The lowest BCUT2D eigenvalue weighted by Gasteiger charge is -2.07. The van der Waals surface area contributed by atoms with Gasteiger partial charge in [0.25, 0.3) is 0 Å². The number of carbonyl (C=O) groups excluding carboxylic acids is 1. The van der Waals surface area contributed by atoms with E-state index in [9.17, 15) is 4.79 Å². The monoisotopic (exact) mass is 440 g/mol. The Hall–Kier alpha value is -2.40. The van der Waals surface area contributed by atoms with E-state index in [0.717, 1.165) is 26.0 Å². The van der Waals surface area contributed by atoms with Crippen molar-refractivity contribution in [2.75, 3.05) is 0 Å². The van der Waals surface area contributed by atoms with Crippen LogP contribution in [-0.2, 0) is 6.61 Å². The maximum absolute atomic E-state index is 12.3. The standard InChI is InChI=1S/C22H17IO2/c23-21-12-5-4-11-20(21)22(24)14-13-17-9-6-10-19(15-17)25-16-18-7-2-1-3-8-18/h1-15H,16H2/b14-13+. The third-order valence-corrected chi connectivity index (χ3v) is 4.61. The summed E-state index contributed by atoms with van der Waals surface area (Å²) >= 11 is 2.18. The van der Waals surface area contributed by atoms with Crippen molar-refractivity contribution < 1.29 is 9.53 Å². The predicted octanol–water partition coefficient (Wildman–Crippen LogP) is 5.77. The molecule has 0 atom stereocenters. The summed E-state index contributed by atoms with van der Waals surface area (Å²) < 4.78 is 6.78. The molecular weight excluding hydrogens is 423 g/mol. The Bertz CT molecular complexity index is 885. The molecule has 0 heterocycles. The van der Waals surface area contributed by atoms with Crippen LogP contribution in [0.25, 0.3) is 6.08 Å². The molecule has 124 valence electrons. The second-order valence-corrected chi connectivity index (χ2v) is 6.69. The molecule has 2 nitrogen and oxygen atoms in total. The number of allylic oxidation sites excluding steroid dienone is 1. The van der Waals surface area contributed by atoms with Crippen LogP contribution in [0.4, 0.5) is 0 Å². The van der Waals surface area contributed by atoms with Crippen molar-refractivity contribution in [3.63, 3.8) is 0 Å². The third-order valence-electron chi connectivity index (χ3n) is 3.67. The molecule has 0 radical (unpaired) electrons. The molecule has 0 spiro atoms. The fourth-order valence-corrected chi connectivity index (χ4v) is 3.02. The maximum Gasteiger partial charge on any atom is 0.186 e. The molecule has 0 aromatic heterocycles. The van der Waals surface area contributed by atoms with E-state index in [1.165, 1.54) is 0 Å². The minimum absolute atomic E-state index is 0.000562. The van der Waals surface area contributed by atoms with E-state index >= 15 is 0 Å². The number of rotatable bonds is 6. The van der Waals surface area contributed by atoms with Gasteiger partial charge in [-0.3, -0.25) is 4.79 Å². The van der Waals surface area contributed by atoms with Gasteiger partial charge in [-0.15, -0.1) is 0 Å². The molecule has 0 bridgehead atoms. The molecule has 0 aliphatic carbocycles. The van der Waals surface area contributed by atoms with Gasteiger partial charge in [-0.1, -0.05) is 60.7 Å². The minimum Gasteiger partial charge on any atom is -0.489 e. The first-order valence-electron chi connectivity index (χ1n) is 7.96. The van der Waals surface area contributed by atoms with E-state index in [1.54, 1.807) is 6.08 Å². The number of benzene rings is 3. The Labute approximate surface area is 161 Å². The summed E-state index contributed by atoms with van der Waals surface area (Å²) in [6, 6.07) is 25.3. The van der Waals surface area contributed by atoms with Crippen molar-refractivity contribution in [3.05, 3.63) is 105 Å². The molecule has 3 aromatic carbocycles. The van der Waals surface area contributed by atoms with Crippen molar-refractivity contribution in [2.24, 2.45) is 0 Å². The van der Waals surface area contributed by atoms with Gasteiger partial charge in [0.1, 0.15) is 12.4 Å². The molecule has 3 heteroatoms. The van der Waals surface area contributed by atoms with Gasteiger partial charge >= 0.3 is 0 Å². The molecule has 25 heavy (non-hydrogen) atoms. The molecule has 3 rings (SSSR count). The van der Waals surface area contributed by atoms with E-state index in [4.69, 9.17) is 4.74 Å². The average molecular weight is 440 g/mol. The Morgan fingerprint density at radius 1 is 0.920 bits per heavy atom. The summed E-state index contributed by atoms with van der Waals surface area (Å²) in [7, 11) is 0. The Morgan fingerprint density at radius 2 is 1.68 bits per heavy atom. The number of halogens is 1. The zero-order valence-electron chi connectivity index (χ0n) is 13.6. The third kappa shape index (κ3) is 5.03. The quantitative estimate of drug-likeness (QED) is 0.277. The van der Waals surface area contributed by atoms with Gasteiger partial charge in [0.2, 0.25) is 0 Å². The zero-order chi connectivity index (χ0) is 17.5. The highest BCUT2D eigenvalue weighted by Gasteiger charge is 2.05. The first kappa shape index (κ1) is 17.4. The van der Waals surface area contributed by atoms with Crippen LogP contribution in [-0.4, -0.2) is 5.78 Å². The van der Waals surface area contributed by atoms with Crippen molar-refractivity contribution in [3.8, 4) is 5.75 Å². The topological polar surface area (TPSA) is 26.3 Å². The van der Waals surface area contributed by atoms with Crippen molar-refractivity contribution in [1.29, 1.82) is 0 Å². The van der Waals surface area contributed by atoms with E-state index in [1.807, 2.05) is 84.9 Å². The summed E-state index contributed by atoms with van der Waals surface area (Å²) in [5, 5.41) is 0. The molecule has 0 saturated carbocycles. The van der Waals surface area contributed by atoms with Gasteiger partial charge < -0.3 is 4.74 Å². The van der Waals surface area contributed by atoms with Crippen LogP contribution in [0.2, 0.25) is 0 Å². The molecule has 0 amide bonds. The lowest BCUT2D eigenvalue weighted by Crippen LogP contribution is -1.97. The Morgan fingerprint density at radius 3 is 2.48 bits per heavy atom. The molecule has 0 aliphatic heterocycles. The molecule has 3 aromatic rings. The Kier molecular flexibility index (Phi) is 6.01. The lowest BCUT2D eigenvalue weighted by molar-refractivity contribution is 0.104. The van der Waals surface area contributed by atoms with Gasteiger partial charge in [0.15, 0.2) is 5.78 Å². The van der Waals surface area contributed by atoms with Crippen LogP contribution in [0.15, 0.2) is 84.9 Å². The first-order chi connectivity index (χ1) is 12.2. The summed E-state index contributed by atoms with van der Waals surface area (Å²) in [6.45, 7) is 0.523. The van der Waals surface area contributed by atoms with Crippen LogP contribution in [0, 0.1) is 3.57 Å². The highest BCUT2D eigenvalue weighted by molar-refractivity contribution is 14.1. The summed E-state index contributed by atoms with van der Waals surface area (Å²) in [6.07, 6.45) is 3.43. The number of hydrogen-bond acceptors (Lipinski definition) is 2. The lowest BCUT2D eigenvalue weighted by atomic mass is 10.1. The van der Waals surface area contributed by atoms with E-state index < -0.39 is 0 Å². The summed E-state index contributed by atoms with van der Waals surface area (Å²) in [4.78, 5) is 12.3. The molecule has 0 N–H and O–H groups in total. The average Bonchev–Trinajstić information content (AvgIpc) is 2.66. The zero-order valence-corrected chi connectivity index (χ0v) is 15.7. The fourth-order valence-electron chi connectivity index (χ4n) is 2.37. The number of carbonyl (C=O) groups is 1. The van der Waals surface area contributed by atoms with Gasteiger partial charge in [-0.05, 0) is 64.1 Å². The number of hydrogen-bond donors (Lipinski definition) is 0. The molecule has 0 fully saturated rings. The molecule has 0 saturated heterocycles. The minimum atomic E-state index is 0.000562. The highest BCUT2D eigenvalue weighted by Crippen LogP contribution is 2.17. The molecular formula is C22H17IO2. The van der Waals surface area contributed by atoms with Crippen LogP contribution in [0.5, 0.6) is 5.75 Å².